The topological polar surface area (TPSA) is 15.3 Å². The van der Waals surface area contributed by atoms with E-state index in [1.807, 2.05) is 0 Å². The van der Waals surface area contributed by atoms with Crippen LogP contribution in [0, 0.1) is 17.8 Å². The van der Waals surface area contributed by atoms with Crippen molar-refractivity contribution in [1.29, 1.82) is 0 Å². The zero-order chi connectivity index (χ0) is 13.1. The molecule has 0 spiro atoms. The Labute approximate surface area is 114 Å². The molecule has 2 saturated carbocycles. The predicted octanol–water partition coefficient (Wildman–Crippen LogP) is 3.13. The van der Waals surface area contributed by atoms with Gasteiger partial charge in [0.15, 0.2) is 0 Å². The molecule has 2 heteroatoms. The molecule has 1 N–H and O–H groups in total. The highest BCUT2D eigenvalue weighted by molar-refractivity contribution is 4.92. The van der Waals surface area contributed by atoms with Crippen molar-refractivity contribution in [2.75, 3.05) is 20.1 Å². The summed E-state index contributed by atoms with van der Waals surface area (Å²) >= 11 is 0. The monoisotopic (exact) mass is 252 g/mol. The van der Waals surface area contributed by atoms with Gasteiger partial charge < -0.3 is 10.2 Å². The summed E-state index contributed by atoms with van der Waals surface area (Å²) in [6.45, 7) is 9.32. The highest BCUT2D eigenvalue weighted by Gasteiger charge is 2.40. The predicted molar refractivity (Wildman–Crippen MR) is 78.8 cm³/mol. The number of rotatable bonds is 7. The van der Waals surface area contributed by atoms with E-state index in [-0.39, 0.29) is 0 Å². The van der Waals surface area contributed by atoms with E-state index in [4.69, 9.17) is 0 Å². The van der Waals surface area contributed by atoms with Crippen LogP contribution in [0.1, 0.15) is 52.9 Å². The molecular weight excluding hydrogens is 220 g/mol. The lowest BCUT2D eigenvalue weighted by Crippen LogP contribution is -2.48. The first-order chi connectivity index (χ1) is 8.65. The van der Waals surface area contributed by atoms with Gasteiger partial charge >= 0.3 is 0 Å². The summed E-state index contributed by atoms with van der Waals surface area (Å²) in [6, 6.07) is 1.31. The largest absolute Gasteiger partial charge is 0.313 e. The molecule has 2 aliphatic carbocycles. The summed E-state index contributed by atoms with van der Waals surface area (Å²) in [7, 11) is 2.33. The summed E-state index contributed by atoms with van der Waals surface area (Å²) in [5, 5.41) is 3.63. The van der Waals surface area contributed by atoms with Crippen molar-refractivity contribution in [3.63, 3.8) is 0 Å². The van der Waals surface area contributed by atoms with Crippen LogP contribution in [0.3, 0.4) is 0 Å². The van der Waals surface area contributed by atoms with Crippen LogP contribution in [0.25, 0.3) is 0 Å². The zero-order valence-corrected chi connectivity index (χ0v) is 12.8. The molecule has 2 bridgehead atoms. The summed E-state index contributed by atoms with van der Waals surface area (Å²) in [5.74, 6) is 3.14. The third kappa shape index (κ3) is 3.08. The lowest BCUT2D eigenvalue weighted by atomic mass is 9.88. The third-order valence-corrected chi connectivity index (χ3v) is 5.59. The fourth-order valence-electron chi connectivity index (χ4n) is 4.36. The van der Waals surface area contributed by atoms with E-state index >= 15 is 0 Å². The fourth-order valence-corrected chi connectivity index (χ4v) is 4.36. The Kier molecular flexibility index (Phi) is 5.08. The summed E-state index contributed by atoms with van der Waals surface area (Å²) in [5.41, 5.74) is 0. The minimum Gasteiger partial charge on any atom is -0.313 e. The van der Waals surface area contributed by atoms with Crippen LogP contribution in [0.4, 0.5) is 0 Å². The average molecular weight is 252 g/mol. The molecule has 5 unspecified atom stereocenters. The average Bonchev–Trinajstić information content (AvgIpc) is 2.97. The maximum absolute atomic E-state index is 3.63. The minimum atomic E-state index is 0.651. The van der Waals surface area contributed by atoms with Crippen LogP contribution in [0.2, 0.25) is 0 Å². The maximum Gasteiger partial charge on any atom is 0.0218 e. The lowest BCUT2D eigenvalue weighted by molar-refractivity contribution is 0.152. The van der Waals surface area contributed by atoms with E-state index in [9.17, 15) is 0 Å². The Hall–Kier alpha value is -0.0800. The van der Waals surface area contributed by atoms with Crippen LogP contribution < -0.4 is 5.32 Å². The second-order valence-electron chi connectivity index (χ2n) is 6.69. The first-order valence-corrected chi connectivity index (χ1v) is 8.09. The molecular formula is C16H32N2. The molecule has 2 aliphatic rings. The lowest BCUT2D eigenvalue weighted by Gasteiger charge is -2.35. The Morgan fingerprint density at radius 1 is 1.22 bits per heavy atom. The van der Waals surface area contributed by atoms with E-state index in [2.05, 4.69) is 38.0 Å². The molecule has 0 saturated heterocycles. The van der Waals surface area contributed by atoms with Crippen LogP contribution in [-0.4, -0.2) is 37.1 Å². The van der Waals surface area contributed by atoms with Crippen LogP contribution in [-0.2, 0) is 0 Å². The molecule has 0 radical (unpaired) electrons. The van der Waals surface area contributed by atoms with Crippen molar-refractivity contribution in [3.8, 4) is 0 Å². The van der Waals surface area contributed by atoms with Gasteiger partial charge in [-0.15, -0.1) is 0 Å². The van der Waals surface area contributed by atoms with Gasteiger partial charge in [-0.25, -0.2) is 0 Å². The summed E-state index contributed by atoms with van der Waals surface area (Å²) in [6.07, 6.45) is 7.32. The second-order valence-corrected chi connectivity index (χ2v) is 6.69. The highest BCUT2D eigenvalue weighted by Crippen LogP contribution is 2.48. The number of hydrogen-bond donors (Lipinski definition) is 1. The molecule has 0 heterocycles. The Bertz CT molecular complexity index is 253. The SMILES string of the molecule is CCNC(CC)C(C)N(C)CC1CC2CCC1C2. The second kappa shape index (κ2) is 6.38. The highest BCUT2D eigenvalue weighted by atomic mass is 15.2. The molecule has 18 heavy (non-hydrogen) atoms. The maximum atomic E-state index is 3.63. The van der Waals surface area contributed by atoms with Gasteiger partial charge in [0.2, 0.25) is 0 Å². The Balaban J connectivity index is 1.81. The van der Waals surface area contributed by atoms with Gasteiger partial charge in [-0.1, -0.05) is 20.3 Å². The molecule has 106 valence electrons. The van der Waals surface area contributed by atoms with E-state index in [0.29, 0.717) is 12.1 Å². The number of fused-ring (bicyclic) bond motifs is 2. The first-order valence-electron chi connectivity index (χ1n) is 8.09. The number of hydrogen-bond acceptors (Lipinski definition) is 2. The smallest absolute Gasteiger partial charge is 0.0218 e. The van der Waals surface area contributed by atoms with Gasteiger partial charge in [0.25, 0.3) is 0 Å². The first kappa shape index (κ1) is 14.3. The van der Waals surface area contributed by atoms with Gasteiger partial charge in [-0.3, -0.25) is 0 Å². The van der Waals surface area contributed by atoms with Gasteiger partial charge in [0.05, 0.1) is 0 Å². The molecule has 2 nitrogen and oxygen atoms in total. The Morgan fingerprint density at radius 3 is 2.50 bits per heavy atom. The third-order valence-electron chi connectivity index (χ3n) is 5.59. The molecule has 0 aromatic heterocycles. The standard InChI is InChI=1S/C16H32N2/c1-5-16(17-6-2)12(3)18(4)11-15-10-13-7-8-14(15)9-13/h12-17H,5-11H2,1-4H3. The van der Waals surface area contributed by atoms with Gasteiger partial charge in [0.1, 0.15) is 0 Å². The molecule has 2 fully saturated rings. The number of likely N-dealkylation sites (N-methyl/N-ethyl adjacent to an activating group) is 2. The number of nitrogens with one attached hydrogen (secondary N) is 1. The van der Waals surface area contributed by atoms with E-state index in [0.717, 1.165) is 24.3 Å². The Morgan fingerprint density at radius 2 is 2.00 bits per heavy atom. The molecule has 5 atom stereocenters. The van der Waals surface area contributed by atoms with E-state index in [1.165, 1.54) is 38.6 Å². The molecule has 0 aliphatic heterocycles. The van der Waals surface area contributed by atoms with Gasteiger partial charge in [-0.2, -0.15) is 0 Å². The van der Waals surface area contributed by atoms with E-state index in [1.54, 1.807) is 0 Å². The molecule has 2 rings (SSSR count). The minimum absolute atomic E-state index is 0.651. The summed E-state index contributed by atoms with van der Waals surface area (Å²) < 4.78 is 0. The van der Waals surface area contributed by atoms with Crippen LogP contribution in [0.15, 0.2) is 0 Å². The quantitative estimate of drug-likeness (QED) is 0.749. The van der Waals surface area contributed by atoms with Gasteiger partial charge in [0, 0.05) is 18.6 Å². The van der Waals surface area contributed by atoms with E-state index < -0.39 is 0 Å². The number of nitrogens with zero attached hydrogens (tertiary/aromatic N) is 1. The van der Waals surface area contributed by atoms with Crippen LogP contribution in [0.5, 0.6) is 0 Å². The van der Waals surface area contributed by atoms with Crippen molar-refractivity contribution in [1.82, 2.24) is 10.2 Å². The van der Waals surface area contributed by atoms with Gasteiger partial charge in [-0.05, 0) is 64.0 Å². The van der Waals surface area contributed by atoms with Crippen molar-refractivity contribution < 1.29 is 0 Å². The normalized spacial score (nSPS) is 34.2. The molecule has 0 amide bonds. The van der Waals surface area contributed by atoms with Crippen molar-refractivity contribution in [2.45, 2.75) is 65.0 Å². The fraction of sp³-hybridized carbons (Fsp3) is 1.00. The zero-order valence-electron chi connectivity index (χ0n) is 12.8. The van der Waals surface area contributed by atoms with Crippen molar-refractivity contribution >= 4 is 0 Å². The van der Waals surface area contributed by atoms with Crippen LogP contribution >= 0.6 is 0 Å². The van der Waals surface area contributed by atoms with Crippen molar-refractivity contribution in [3.05, 3.63) is 0 Å². The van der Waals surface area contributed by atoms with Crippen molar-refractivity contribution in [2.24, 2.45) is 17.8 Å². The molecule has 0 aromatic rings. The molecule has 0 aromatic carbocycles. The summed E-state index contributed by atoms with van der Waals surface area (Å²) in [4.78, 5) is 2.61.